The average molecular weight is 319 g/mol. The predicted octanol–water partition coefficient (Wildman–Crippen LogP) is 0.737. The van der Waals surface area contributed by atoms with Crippen LogP contribution in [0.4, 0.5) is 5.82 Å². The molecule has 6 nitrogen and oxygen atoms in total. The van der Waals surface area contributed by atoms with E-state index in [4.69, 9.17) is 11.6 Å². The maximum absolute atomic E-state index is 12.4. The lowest BCUT2D eigenvalue weighted by Gasteiger charge is -2.34. The summed E-state index contributed by atoms with van der Waals surface area (Å²) in [6, 6.07) is 3.04. The highest BCUT2D eigenvalue weighted by molar-refractivity contribution is 7.89. The summed E-state index contributed by atoms with van der Waals surface area (Å²) in [5.41, 5.74) is 0. The maximum atomic E-state index is 12.4. The summed E-state index contributed by atoms with van der Waals surface area (Å²) in [6.07, 6.45) is 0. The molecule has 0 saturated carbocycles. The lowest BCUT2D eigenvalue weighted by Crippen LogP contribution is -2.45. The van der Waals surface area contributed by atoms with E-state index < -0.39 is 10.0 Å². The van der Waals surface area contributed by atoms with Gasteiger partial charge in [-0.05, 0) is 19.2 Å². The van der Waals surface area contributed by atoms with Crippen LogP contribution in [0.3, 0.4) is 0 Å². The number of pyridine rings is 1. The Balaban J connectivity index is 2.44. The number of aromatic nitrogens is 1. The fourth-order valence-corrected chi connectivity index (χ4v) is 3.24. The van der Waals surface area contributed by atoms with E-state index >= 15 is 0 Å². The van der Waals surface area contributed by atoms with E-state index in [2.05, 4.69) is 9.88 Å². The van der Waals surface area contributed by atoms with Crippen LogP contribution >= 0.6 is 11.6 Å². The SMILES string of the molecule is CN1CCN(c2nc(Cl)ccc2S(=O)(=O)N(C)C)CC1. The van der Waals surface area contributed by atoms with Crippen LogP contribution in [0.1, 0.15) is 0 Å². The van der Waals surface area contributed by atoms with Gasteiger partial charge in [0.2, 0.25) is 10.0 Å². The molecule has 112 valence electrons. The van der Waals surface area contributed by atoms with Crippen molar-refractivity contribution < 1.29 is 8.42 Å². The standard InChI is InChI=1S/C12H19ClN4O2S/c1-15(2)20(18,19)10-4-5-11(13)14-12(10)17-8-6-16(3)7-9-17/h4-5H,6-9H2,1-3H3. The van der Waals surface area contributed by atoms with Crippen molar-refractivity contribution in [2.75, 3.05) is 52.2 Å². The molecule has 1 fully saturated rings. The molecule has 2 rings (SSSR count). The molecule has 0 radical (unpaired) electrons. The monoisotopic (exact) mass is 318 g/mol. The predicted molar refractivity (Wildman–Crippen MR) is 79.8 cm³/mol. The number of hydrogen-bond acceptors (Lipinski definition) is 5. The van der Waals surface area contributed by atoms with Crippen LogP contribution in [0.5, 0.6) is 0 Å². The second-order valence-corrected chi connectivity index (χ2v) is 7.54. The minimum Gasteiger partial charge on any atom is -0.353 e. The zero-order chi connectivity index (χ0) is 14.9. The van der Waals surface area contributed by atoms with Gasteiger partial charge in [-0.2, -0.15) is 0 Å². The molecule has 1 aliphatic rings. The van der Waals surface area contributed by atoms with Crippen LogP contribution in [0.15, 0.2) is 17.0 Å². The largest absolute Gasteiger partial charge is 0.353 e. The Morgan fingerprint density at radius 3 is 2.35 bits per heavy atom. The molecule has 0 bridgehead atoms. The molecular formula is C12H19ClN4O2S. The summed E-state index contributed by atoms with van der Waals surface area (Å²) in [7, 11) is 1.53. The van der Waals surface area contributed by atoms with Gasteiger partial charge in [-0.25, -0.2) is 17.7 Å². The van der Waals surface area contributed by atoms with E-state index in [1.165, 1.54) is 30.5 Å². The highest BCUT2D eigenvalue weighted by Crippen LogP contribution is 2.27. The van der Waals surface area contributed by atoms with E-state index in [1.54, 1.807) is 0 Å². The minimum absolute atomic E-state index is 0.205. The molecule has 8 heteroatoms. The molecule has 0 aromatic carbocycles. The number of hydrogen-bond donors (Lipinski definition) is 0. The van der Waals surface area contributed by atoms with E-state index in [-0.39, 0.29) is 4.90 Å². The Morgan fingerprint density at radius 1 is 1.20 bits per heavy atom. The molecule has 0 unspecified atom stereocenters. The molecule has 0 amide bonds. The van der Waals surface area contributed by atoms with Gasteiger partial charge in [-0.3, -0.25) is 0 Å². The molecule has 2 heterocycles. The van der Waals surface area contributed by atoms with E-state index in [0.29, 0.717) is 11.0 Å². The Morgan fingerprint density at radius 2 is 1.80 bits per heavy atom. The Hall–Kier alpha value is -0.890. The second kappa shape index (κ2) is 5.85. The first-order valence-electron chi connectivity index (χ1n) is 6.35. The molecule has 1 aromatic heterocycles. The van der Waals surface area contributed by atoms with Gasteiger partial charge in [-0.1, -0.05) is 11.6 Å². The fourth-order valence-electron chi connectivity index (χ4n) is 2.06. The van der Waals surface area contributed by atoms with Crippen molar-refractivity contribution in [1.29, 1.82) is 0 Å². The first-order valence-corrected chi connectivity index (χ1v) is 8.17. The molecule has 0 spiro atoms. The zero-order valence-corrected chi connectivity index (χ0v) is 13.4. The van der Waals surface area contributed by atoms with Crippen LogP contribution < -0.4 is 4.90 Å². The van der Waals surface area contributed by atoms with Crippen molar-refractivity contribution in [3.63, 3.8) is 0 Å². The lowest BCUT2D eigenvalue weighted by atomic mass is 10.3. The number of anilines is 1. The first kappa shape index (κ1) is 15.5. The topological polar surface area (TPSA) is 56.8 Å². The van der Waals surface area contributed by atoms with Gasteiger partial charge in [0.1, 0.15) is 10.0 Å². The fraction of sp³-hybridized carbons (Fsp3) is 0.583. The number of sulfonamides is 1. The third-order valence-electron chi connectivity index (χ3n) is 3.37. The third kappa shape index (κ3) is 3.06. The molecule has 0 aliphatic carbocycles. The van der Waals surface area contributed by atoms with Crippen LogP contribution in [0, 0.1) is 0 Å². The Kier molecular flexibility index (Phi) is 4.53. The van der Waals surface area contributed by atoms with Crippen LogP contribution in [-0.4, -0.2) is 69.9 Å². The Labute approximate surface area is 125 Å². The van der Waals surface area contributed by atoms with Gasteiger partial charge in [0.15, 0.2) is 5.82 Å². The zero-order valence-electron chi connectivity index (χ0n) is 11.9. The minimum atomic E-state index is -3.53. The van der Waals surface area contributed by atoms with Gasteiger partial charge < -0.3 is 9.80 Å². The number of rotatable bonds is 3. The van der Waals surface area contributed by atoms with E-state index in [0.717, 1.165) is 26.2 Å². The van der Waals surface area contributed by atoms with Crippen molar-refractivity contribution in [3.8, 4) is 0 Å². The second-order valence-electron chi connectivity index (χ2n) is 5.03. The molecule has 1 aromatic rings. The van der Waals surface area contributed by atoms with Crippen LogP contribution in [0.2, 0.25) is 5.15 Å². The molecule has 0 atom stereocenters. The first-order chi connectivity index (χ1) is 9.32. The van der Waals surface area contributed by atoms with E-state index in [1.807, 2.05) is 11.9 Å². The highest BCUT2D eigenvalue weighted by atomic mass is 35.5. The average Bonchev–Trinajstić information content (AvgIpc) is 2.39. The summed E-state index contributed by atoms with van der Waals surface area (Å²) in [6.45, 7) is 3.21. The lowest BCUT2D eigenvalue weighted by molar-refractivity contribution is 0.311. The van der Waals surface area contributed by atoms with Crippen molar-refractivity contribution in [3.05, 3.63) is 17.3 Å². The van der Waals surface area contributed by atoms with Gasteiger partial charge in [0.05, 0.1) is 0 Å². The highest BCUT2D eigenvalue weighted by Gasteiger charge is 2.27. The van der Waals surface area contributed by atoms with Crippen molar-refractivity contribution in [2.24, 2.45) is 0 Å². The molecule has 1 saturated heterocycles. The number of likely N-dealkylation sites (N-methyl/N-ethyl adjacent to an activating group) is 1. The summed E-state index contributed by atoms with van der Waals surface area (Å²) < 4.78 is 25.9. The maximum Gasteiger partial charge on any atom is 0.246 e. The number of nitrogens with zero attached hydrogens (tertiary/aromatic N) is 4. The van der Waals surface area contributed by atoms with Crippen molar-refractivity contribution in [1.82, 2.24) is 14.2 Å². The smallest absolute Gasteiger partial charge is 0.246 e. The molecule has 1 aliphatic heterocycles. The summed E-state index contributed by atoms with van der Waals surface area (Å²) in [4.78, 5) is 8.61. The van der Waals surface area contributed by atoms with Gasteiger partial charge in [0, 0.05) is 40.3 Å². The molecule has 20 heavy (non-hydrogen) atoms. The quantitative estimate of drug-likeness (QED) is 0.769. The summed E-state index contributed by atoms with van der Waals surface area (Å²) >= 11 is 5.94. The normalized spacial score (nSPS) is 17.8. The number of halogens is 1. The Bertz CT molecular complexity index is 583. The van der Waals surface area contributed by atoms with Crippen LogP contribution in [-0.2, 0) is 10.0 Å². The third-order valence-corrected chi connectivity index (χ3v) is 5.41. The van der Waals surface area contributed by atoms with Crippen molar-refractivity contribution in [2.45, 2.75) is 4.90 Å². The van der Waals surface area contributed by atoms with E-state index in [9.17, 15) is 8.42 Å². The number of piperazine rings is 1. The summed E-state index contributed by atoms with van der Waals surface area (Å²) in [5.74, 6) is 0.444. The van der Waals surface area contributed by atoms with Crippen molar-refractivity contribution >= 4 is 27.4 Å². The van der Waals surface area contributed by atoms with Crippen LogP contribution in [0.25, 0.3) is 0 Å². The molecular weight excluding hydrogens is 300 g/mol. The van der Waals surface area contributed by atoms with Gasteiger partial charge >= 0.3 is 0 Å². The van der Waals surface area contributed by atoms with Gasteiger partial charge in [0.25, 0.3) is 0 Å². The molecule has 0 N–H and O–H groups in total. The summed E-state index contributed by atoms with van der Waals surface area (Å²) in [5, 5.41) is 0.302. The van der Waals surface area contributed by atoms with Gasteiger partial charge in [-0.15, -0.1) is 0 Å².